The van der Waals surface area contributed by atoms with Gasteiger partial charge in [-0.2, -0.15) is 0 Å². The minimum absolute atomic E-state index is 0.216. The molecule has 0 fully saturated rings. The minimum atomic E-state index is -3.14. The van der Waals surface area contributed by atoms with Crippen molar-refractivity contribution in [2.24, 2.45) is 0 Å². The molecule has 92 valence electrons. The molecule has 0 aliphatic rings. The fourth-order valence-corrected chi connectivity index (χ4v) is 2.41. The van der Waals surface area contributed by atoms with Gasteiger partial charge in [0.25, 0.3) is 0 Å². The molecule has 1 aromatic heterocycles. The van der Waals surface area contributed by atoms with Gasteiger partial charge < -0.3 is 9.67 Å². The van der Waals surface area contributed by atoms with Crippen molar-refractivity contribution in [1.29, 1.82) is 0 Å². The number of aromatic nitrogens is 2. The van der Waals surface area contributed by atoms with Gasteiger partial charge >= 0.3 is 0 Å². The quantitative estimate of drug-likeness (QED) is 0.780. The number of hydrogen-bond acceptors (Lipinski definition) is 4. The highest BCUT2D eigenvalue weighted by Gasteiger charge is 2.15. The third kappa shape index (κ3) is 4.32. The van der Waals surface area contributed by atoms with E-state index in [2.05, 4.69) is 11.9 Å². The lowest BCUT2D eigenvalue weighted by Crippen LogP contribution is -2.23. The average molecular weight is 246 g/mol. The van der Waals surface area contributed by atoms with Crippen LogP contribution in [0, 0.1) is 0 Å². The highest BCUT2D eigenvalue weighted by molar-refractivity contribution is 7.90. The van der Waals surface area contributed by atoms with Crippen LogP contribution >= 0.6 is 0 Å². The van der Waals surface area contributed by atoms with E-state index in [-0.39, 0.29) is 12.2 Å². The van der Waals surface area contributed by atoms with Gasteiger partial charge in [-0.3, -0.25) is 0 Å². The molecule has 0 aromatic carbocycles. The van der Waals surface area contributed by atoms with Crippen LogP contribution in [0.15, 0.2) is 12.4 Å². The Labute approximate surface area is 96.0 Å². The fraction of sp³-hybridized carbons (Fsp3) is 0.700. The molecule has 6 heteroatoms. The maximum atomic E-state index is 11.0. The van der Waals surface area contributed by atoms with Crippen LogP contribution in [0.5, 0.6) is 0 Å². The summed E-state index contributed by atoms with van der Waals surface area (Å²) < 4.78 is 23.9. The molecule has 1 heterocycles. The van der Waals surface area contributed by atoms with Crippen LogP contribution in [0.1, 0.15) is 19.2 Å². The van der Waals surface area contributed by atoms with E-state index in [4.69, 9.17) is 0 Å². The standard InChI is InChI=1S/C10H18N2O3S/c1-3-5-12-6-4-11-10(12)7-9(13)8-16(2,14)15/h4,6,9,13H,3,5,7-8H2,1-2H3. The van der Waals surface area contributed by atoms with E-state index in [1.165, 1.54) is 0 Å². The normalized spacial score (nSPS) is 13.9. The van der Waals surface area contributed by atoms with Crippen LogP contribution in [0.3, 0.4) is 0 Å². The van der Waals surface area contributed by atoms with Crippen LogP contribution in [0.2, 0.25) is 0 Å². The molecule has 0 radical (unpaired) electrons. The van der Waals surface area contributed by atoms with Gasteiger partial charge in [-0.25, -0.2) is 13.4 Å². The number of rotatable bonds is 6. The van der Waals surface area contributed by atoms with Crippen molar-refractivity contribution in [3.05, 3.63) is 18.2 Å². The zero-order valence-electron chi connectivity index (χ0n) is 9.63. The molecule has 1 rings (SSSR count). The summed E-state index contributed by atoms with van der Waals surface area (Å²) in [5, 5.41) is 9.62. The number of aryl methyl sites for hydroxylation is 1. The Morgan fingerprint density at radius 2 is 2.25 bits per heavy atom. The summed E-state index contributed by atoms with van der Waals surface area (Å²) in [7, 11) is -3.14. The van der Waals surface area contributed by atoms with Crippen LogP contribution < -0.4 is 0 Å². The molecule has 1 aromatic rings. The first-order valence-corrected chi connectivity index (χ1v) is 7.34. The van der Waals surface area contributed by atoms with Gasteiger partial charge in [0.2, 0.25) is 0 Å². The third-order valence-corrected chi connectivity index (χ3v) is 3.17. The SMILES string of the molecule is CCCn1ccnc1CC(O)CS(C)(=O)=O. The van der Waals surface area contributed by atoms with Crippen LogP contribution in [-0.2, 0) is 22.8 Å². The van der Waals surface area contributed by atoms with Gasteiger partial charge in [0.05, 0.1) is 11.9 Å². The van der Waals surface area contributed by atoms with Crippen molar-refractivity contribution in [2.75, 3.05) is 12.0 Å². The first-order chi connectivity index (χ1) is 7.42. The van der Waals surface area contributed by atoms with Crippen molar-refractivity contribution >= 4 is 9.84 Å². The summed E-state index contributed by atoms with van der Waals surface area (Å²) in [6.07, 6.45) is 5.00. The van der Waals surface area contributed by atoms with E-state index in [9.17, 15) is 13.5 Å². The van der Waals surface area contributed by atoms with E-state index >= 15 is 0 Å². The van der Waals surface area contributed by atoms with E-state index in [1.54, 1.807) is 6.20 Å². The average Bonchev–Trinajstić information content (AvgIpc) is 2.50. The molecule has 0 aliphatic heterocycles. The molecule has 0 saturated carbocycles. The number of aliphatic hydroxyl groups is 1. The summed E-state index contributed by atoms with van der Waals surface area (Å²) in [5.41, 5.74) is 0. The molecule has 0 spiro atoms. The van der Waals surface area contributed by atoms with Gasteiger partial charge in [-0.05, 0) is 6.42 Å². The lowest BCUT2D eigenvalue weighted by atomic mass is 10.2. The topological polar surface area (TPSA) is 72.2 Å². The van der Waals surface area contributed by atoms with Crippen LogP contribution in [-0.4, -0.2) is 41.2 Å². The molecule has 0 aliphatic carbocycles. The predicted octanol–water partition coefficient (Wildman–Crippen LogP) is 0.241. The zero-order chi connectivity index (χ0) is 12.2. The Morgan fingerprint density at radius 3 is 2.81 bits per heavy atom. The van der Waals surface area contributed by atoms with Gasteiger partial charge in [0.1, 0.15) is 15.7 Å². The van der Waals surface area contributed by atoms with Crippen molar-refractivity contribution in [1.82, 2.24) is 9.55 Å². The smallest absolute Gasteiger partial charge is 0.150 e. The highest BCUT2D eigenvalue weighted by Crippen LogP contribution is 2.04. The maximum Gasteiger partial charge on any atom is 0.150 e. The summed E-state index contributed by atoms with van der Waals surface area (Å²) in [6, 6.07) is 0. The zero-order valence-corrected chi connectivity index (χ0v) is 10.4. The Balaban J connectivity index is 2.62. The maximum absolute atomic E-state index is 11.0. The van der Waals surface area contributed by atoms with Crippen molar-refractivity contribution in [3.8, 4) is 0 Å². The summed E-state index contributed by atoms with van der Waals surface area (Å²) >= 11 is 0. The van der Waals surface area contributed by atoms with Crippen LogP contribution in [0.4, 0.5) is 0 Å². The lowest BCUT2D eigenvalue weighted by Gasteiger charge is -2.10. The molecule has 1 atom stereocenters. The summed E-state index contributed by atoms with van der Waals surface area (Å²) in [5.74, 6) is 0.518. The van der Waals surface area contributed by atoms with Gasteiger partial charge in [0, 0.05) is 31.6 Å². The van der Waals surface area contributed by atoms with Gasteiger partial charge in [-0.1, -0.05) is 6.92 Å². The van der Waals surface area contributed by atoms with Crippen molar-refractivity contribution in [2.45, 2.75) is 32.4 Å². The fourth-order valence-electron chi connectivity index (χ4n) is 1.59. The van der Waals surface area contributed by atoms with E-state index < -0.39 is 15.9 Å². The summed E-state index contributed by atoms with van der Waals surface area (Å²) in [6.45, 7) is 2.89. The number of hydrogen-bond donors (Lipinski definition) is 1. The molecule has 1 N–H and O–H groups in total. The van der Waals surface area contributed by atoms with Crippen molar-refractivity contribution in [3.63, 3.8) is 0 Å². The molecule has 5 nitrogen and oxygen atoms in total. The number of aliphatic hydroxyl groups excluding tert-OH is 1. The molecule has 16 heavy (non-hydrogen) atoms. The number of sulfone groups is 1. The molecule has 0 amide bonds. The van der Waals surface area contributed by atoms with E-state index in [0.717, 1.165) is 25.0 Å². The minimum Gasteiger partial charge on any atom is -0.392 e. The highest BCUT2D eigenvalue weighted by atomic mass is 32.2. The van der Waals surface area contributed by atoms with E-state index in [1.807, 2.05) is 10.8 Å². The Hall–Kier alpha value is -0.880. The van der Waals surface area contributed by atoms with Crippen molar-refractivity contribution < 1.29 is 13.5 Å². The summed E-state index contributed by atoms with van der Waals surface area (Å²) in [4.78, 5) is 4.11. The third-order valence-electron chi connectivity index (χ3n) is 2.18. The van der Waals surface area contributed by atoms with E-state index in [0.29, 0.717) is 0 Å². The number of imidazole rings is 1. The molecule has 0 saturated heterocycles. The first-order valence-electron chi connectivity index (χ1n) is 5.28. The largest absolute Gasteiger partial charge is 0.392 e. The number of nitrogens with zero attached hydrogens (tertiary/aromatic N) is 2. The van der Waals surface area contributed by atoms with Gasteiger partial charge in [-0.15, -0.1) is 0 Å². The Morgan fingerprint density at radius 1 is 1.56 bits per heavy atom. The monoisotopic (exact) mass is 246 g/mol. The second kappa shape index (κ2) is 5.45. The molecular formula is C10H18N2O3S. The Bertz CT molecular complexity index is 425. The lowest BCUT2D eigenvalue weighted by molar-refractivity contribution is 0.194. The Kier molecular flexibility index (Phi) is 4.49. The predicted molar refractivity (Wildman–Crippen MR) is 61.9 cm³/mol. The molecular weight excluding hydrogens is 228 g/mol. The van der Waals surface area contributed by atoms with Crippen LogP contribution in [0.25, 0.3) is 0 Å². The first kappa shape index (κ1) is 13.2. The molecule has 0 bridgehead atoms. The molecule has 1 unspecified atom stereocenters. The van der Waals surface area contributed by atoms with Gasteiger partial charge in [0.15, 0.2) is 0 Å². The second-order valence-corrected chi connectivity index (χ2v) is 6.17. The second-order valence-electron chi connectivity index (χ2n) is 3.99.